The number of hydrogen-bond donors (Lipinski definition) is 0. The van der Waals surface area contributed by atoms with Crippen LogP contribution in [0.2, 0.25) is 0 Å². The summed E-state index contributed by atoms with van der Waals surface area (Å²) in [6, 6.07) is 84.1. The van der Waals surface area contributed by atoms with Crippen LogP contribution < -0.4 is 26.2 Å². The van der Waals surface area contributed by atoms with E-state index in [0.717, 1.165) is 134 Å². The normalized spacial score (nSPS) is 13.8. The summed E-state index contributed by atoms with van der Waals surface area (Å²) in [5, 5.41) is 13.7. The molecule has 0 N–H and O–H groups in total. The lowest BCUT2D eigenvalue weighted by Gasteiger charge is -2.46. The fourth-order valence-corrected chi connectivity index (χ4v) is 14.3. The topological polar surface area (TPSA) is 35.2 Å². The van der Waals surface area contributed by atoms with Crippen molar-refractivity contribution in [2.45, 2.75) is 105 Å². The van der Waals surface area contributed by atoms with Gasteiger partial charge in [0.2, 0.25) is 0 Å². The highest BCUT2D eigenvalue weighted by Crippen LogP contribution is 2.53. The molecule has 0 radical (unpaired) electrons. The zero-order valence-electron chi connectivity index (χ0n) is 60.8. The van der Waals surface area contributed by atoms with Gasteiger partial charge < -0.3 is 14.4 Å². The van der Waals surface area contributed by atoms with Crippen molar-refractivity contribution in [1.29, 1.82) is 5.26 Å². The Morgan fingerprint density at radius 2 is 0.819 bits per heavy atom. The van der Waals surface area contributed by atoms with Crippen LogP contribution in [-0.2, 0) is 21.7 Å². The molecular formula is C89H79BN4. The van der Waals surface area contributed by atoms with Crippen molar-refractivity contribution in [3.8, 4) is 67.4 Å². The molecule has 3 heterocycles. The molecule has 0 spiro atoms. The Kier molecular flexibility index (Phi) is 12.9. The number of hydrogen-bond acceptors (Lipinski definition) is 3. The highest BCUT2D eigenvalue weighted by molar-refractivity contribution is 7.00. The van der Waals surface area contributed by atoms with E-state index in [4.69, 9.17) is 4.11 Å². The molecule has 13 aromatic rings. The Morgan fingerprint density at radius 3 is 1.38 bits per heavy atom. The van der Waals surface area contributed by atoms with Gasteiger partial charge in [-0.15, -0.1) is 0 Å². The third kappa shape index (κ3) is 10.3. The maximum absolute atomic E-state index is 11.5. The van der Waals surface area contributed by atoms with Crippen LogP contribution in [-0.4, -0.2) is 11.3 Å². The summed E-state index contributed by atoms with van der Waals surface area (Å²) in [6.45, 7) is 26.9. The molecule has 0 atom stereocenters. The third-order valence-corrected chi connectivity index (χ3v) is 19.5. The fraction of sp³-hybridized carbons (Fsp3) is 0.180. The Morgan fingerprint density at radius 1 is 0.351 bits per heavy atom. The lowest BCUT2D eigenvalue weighted by molar-refractivity contribution is 0.569. The molecule has 0 amide bonds. The molecule has 2 aliphatic heterocycles. The van der Waals surface area contributed by atoms with Gasteiger partial charge in [0.25, 0.3) is 6.71 Å². The van der Waals surface area contributed by atoms with Gasteiger partial charge in [0.15, 0.2) is 0 Å². The molecule has 0 saturated heterocycles. The number of aromatic nitrogens is 1. The minimum Gasteiger partial charge on any atom is -0.311 e. The first-order chi connectivity index (χ1) is 47.2. The van der Waals surface area contributed by atoms with Crippen LogP contribution in [0.25, 0.3) is 83.1 Å². The minimum absolute atomic E-state index is 0.136. The summed E-state index contributed by atoms with van der Waals surface area (Å²) in [5.74, 6) is 0. The van der Waals surface area contributed by atoms with Crippen LogP contribution in [0.5, 0.6) is 0 Å². The van der Waals surface area contributed by atoms with Crippen molar-refractivity contribution in [2.75, 3.05) is 9.80 Å². The summed E-state index contributed by atoms with van der Waals surface area (Å²) in [4.78, 5) is 4.92. The SMILES string of the molecule is [2H]c1c([2H])c([2H])c(-c2ccc3c(c2)N(c2c(-c4ccccc4)cc(C(C)(C)C)cc2-c2ccccc2)c2cc(C(C)(C)C)cc4c2B3c2ccc(-c3cc(C(C)(C)C)cc(C(C)(C)C)c3)cc2N4c2ccc(C#N)c(-n3c4ccccc4c4ccc(-c5ccccc5)cc43)c2)c([2H])c1[2H]. The first-order valence-electron chi connectivity index (χ1n) is 35.4. The van der Waals surface area contributed by atoms with E-state index in [1.54, 1.807) is 0 Å². The van der Waals surface area contributed by atoms with Gasteiger partial charge in [-0.25, -0.2) is 0 Å². The van der Waals surface area contributed by atoms with Crippen LogP contribution in [0.4, 0.5) is 34.1 Å². The second kappa shape index (κ2) is 22.4. The number of fused-ring (bicyclic) bond motifs is 7. The summed E-state index contributed by atoms with van der Waals surface area (Å²) in [5.41, 5.74) is 24.7. The molecule has 0 bridgehead atoms. The van der Waals surface area contributed by atoms with Crippen molar-refractivity contribution in [3.63, 3.8) is 0 Å². The van der Waals surface area contributed by atoms with E-state index < -0.39 is 18.2 Å². The molecule has 2 aliphatic rings. The monoisotopic (exact) mass is 1220 g/mol. The van der Waals surface area contributed by atoms with E-state index in [9.17, 15) is 8.00 Å². The molecule has 94 heavy (non-hydrogen) atoms. The first-order valence-corrected chi connectivity index (χ1v) is 32.9. The maximum Gasteiger partial charge on any atom is 0.252 e. The van der Waals surface area contributed by atoms with Gasteiger partial charge in [0.1, 0.15) is 6.07 Å². The van der Waals surface area contributed by atoms with Gasteiger partial charge in [-0.05, 0) is 172 Å². The Balaban J connectivity index is 1.10. The van der Waals surface area contributed by atoms with E-state index in [-0.39, 0.29) is 46.0 Å². The van der Waals surface area contributed by atoms with Gasteiger partial charge in [-0.2, -0.15) is 5.26 Å². The number of anilines is 6. The van der Waals surface area contributed by atoms with E-state index >= 15 is 0 Å². The Hall–Kier alpha value is -10.4. The zero-order chi connectivity index (χ0) is 69.5. The van der Waals surface area contributed by atoms with E-state index in [0.29, 0.717) is 11.1 Å². The van der Waals surface area contributed by atoms with Crippen molar-refractivity contribution < 1.29 is 6.85 Å². The highest BCUT2D eigenvalue weighted by Gasteiger charge is 2.46. The summed E-state index contributed by atoms with van der Waals surface area (Å²) >= 11 is 0. The zero-order valence-corrected chi connectivity index (χ0v) is 55.8. The molecule has 0 aliphatic carbocycles. The maximum atomic E-state index is 11.5. The largest absolute Gasteiger partial charge is 0.311 e. The van der Waals surface area contributed by atoms with Crippen molar-refractivity contribution in [3.05, 3.63) is 289 Å². The summed E-state index contributed by atoms with van der Waals surface area (Å²) in [6.07, 6.45) is 0. The fourth-order valence-electron chi connectivity index (χ4n) is 14.3. The van der Waals surface area contributed by atoms with E-state index in [2.05, 4.69) is 316 Å². The van der Waals surface area contributed by atoms with Crippen molar-refractivity contribution in [1.82, 2.24) is 4.57 Å². The van der Waals surface area contributed by atoms with Crippen LogP contribution in [0.1, 0.15) is 118 Å². The quantitative estimate of drug-likeness (QED) is 0.142. The van der Waals surface area contributed by atoms with Gasteiger partial charge in [0.05, 0.1) is 34.8 Å². The predicted molar refractivity (Wildman–Crippen MR) is 401 cm³/mol. The smallest absolute Gasteiger partial charge is 0.252 e. The van der Waals surface area contributed by atoms with E-state index in [1.165, 1.54) is 11.1 Å². The average molecular weight is 1220 g/mol. The Bertz CT molecular complexity index is 5390. The molecule has 15 rings (SSSR count). The van der Waals surface area contributed by atoms with Crippen LogP contribution in [0, 0.1) is 11.3 Å². The van der Waals surface area contributed by atoms with Gasteiger partial charge in [-0.3, -0.25) is 0 Å². The van der Waals surface area contributed by atoms with Crippen LogP contribution >= 0.6 is 0 Å². The summed E-state index contributed by atoms with van der Waals surface area (Å²) < 4.78 is 48.1. The number of rotatable bonds is 8. The molecule has 1 aromatic heterocycles. The minimum atomic E-state index is -0.437. The second-order valence-electron chi connectivity index (χ2n) is 29.8. The van der Waals surface area contributed by atoms with E-state index in [1.807, 2.05) is 18.2 Å². The second-order valence-corrected chi connectivity index (χ2v) is 29.8. The third-order valence-electron chi connectivity index (χ3n) is 19.5. The molecule has 4 nitrogen and oxygen atoms in total. The molecule has 0 unspecified atom stereocenters. The summed E-state index contributed by atoms with van der Waals surface area (Å²) in [7, 11) is 0. The van der Waals surface area contributed by atoms with Crippen molar-refractivity contribution in [2.24, 2.45) is 0 Å². The van der Waals surface area contributed by atoms with Gasteiger partial charge in [0, 0.05) is 50.3 Å². The number of benzene rings is 12. The molecule has 0 saturated carbocycles. The number of para-hydroxylation sites is 1. The molecule has 12 aromatic carbocycles. The van der Waals surface area contributed by atoms with Crippen molar-refractivity contribution >= 4 is 79.0 Å². The molecule has 458 valence electrons. The average Bonchev–Trinajstić information content (AvgIpc) is 1.19. The standard InChI is InChI=1S/C89H79BN4/c1-86(2,3)66-45-65(46-67(50-66)87(4,5)6)63-40-44-75-80(49-63)92(70-41-37-64(56-91)78(55-70)93-77-36-26-25-35-71(77)72-42-38-61(47-79(72)93)57-27-17-13-18-28-57)82-53-69(89(10,11)12)54-83-84(82)90(75)76-43-39-62(58-29-19-14-20-30-58)48-81(76)94(83)85-73(59-31-21-15-22-32-59)51-68(88(7,8)9)52-74(85)60-33-23-16-24-34-60/h13-55H,1-12H3/i14D,19D,20D,29D,30D. The Labute approximate surface area is 563 Å². The molecular weight excluding hydrogens is 1140 g/mol. The molecule has 5 heteroatoms. The number of nitriles is 1. The first kappa shape index (κ1) is 54.2. The van der Waals surface area contributed by atoms with Gasteiger partial charge in [-0.1, -0.05) is 277 Å². The van der Waals surface area contributed by atoms with Crippen LogP contribution in [0.15, 0.2) is 261 Å². The van der Waals surface area contributed by atoms with Gasteiger partial charge >= 0.3 is 0 Å². The number of nitrogens with zero attached hydrogens (tertiary/aromatic N) is 4. The molecule has 0 fully saturated rings. The predicted octanol–water partition coefficient (Wildman–Crippen LogP) is 22.3. The lowest BCUT2D eigenvalue weighted by Crippen LogP contribution is -2.61. The highest BCUT2D eigenvalue weighted by atomic mass is 15.2. The van der Waals surface area contributed by atoms with Crippen LogP contribution in [0.3, 0.4) is 0 Å². The lowest BCUT2D eigenvalue weighted by atomic mass is 9.33.